The van der Waals surface area contributed by atoms with Gasteiger partial charge in [0.1, 0.15) is 12.6 Å². The number of morpholine rings is 1. The molecule has 1 atom stereocenters. The highest BCUT2D eigenvalue weighted by molar-refractivity contribution is 7.18. The molecule has 2 aromatic rings. The topological polar surface area (TPSA) is 99.8 Å². The van der Waals surface area contributed by atoms with Gasteiger partial charge in [0.2, 0.25) is 5.91 Å². The minimum Gasteiger partial charge on any atom is -0.370 e. The Labute approximate surface area is 198 Å². The number of carbonyl (C=O) groups is 3. The fraction of sp³-hybridized carbons (Fsp3) is 0.381. The highest BCUT2D eigenvalue weighted by Crippen LogP contribution is 2.32. The van der Waals surface area contributed by atoms with Gasteiger partial charge in [0.05, 0.1) is 15.8 Å². The number of thiophene rings is 1. The van der Waals surface area contributed by atoms with Crippen LogP contribution in [0.1, 0.15) is 28.6 Å². The maximum atomic E-state index is 13.8. The Hall–Kier alpha value is -2.60. The van der Waals surface area contributed by atoms with Crippen molar-refractivity contribution in [1.29, 1.82) is 0 Å². The smallest absolute Gasteiger partial charge is 0.265 e. The number of nitrogens with zero attached hydrogens (tertiary/aromatic N) is 1. The monoisotopic (exact) mass is 500 g/mol. The van der Waals surface area contributed by atoms with E-state index in [0.717, 1.165) is 11.3 Å². The fourth-order valence-corrected chi connectivity index (χ4v) is 4.20. The van der Waals surface area contributed by atoms with E-state index in [9.17, 15) is 23.2 Å². The van der Waals surface area contributed by atoms with E-state index in [2.05, 4.69) is 16.0 Å². The Balaban J connectivity index is 1.71. The fourth-order valence-electron chi connectivity index (χ4n) is 3.25. The van der Waals surface area contributed by atoms with Crippen LogP contribution in [0.3, 0.4) is 0 Å². The zero-order chi connectivity index (χ0) is 24.0. The van der Waals surface area contributed by atoms with E-state index < -0.39 is 29.8 Å². The van der Waals surface area contributed by atoms with Crippen molar-refractivity contribution in [3.05, 3.63) is 45.1 Å². The van der Waals surface area contributed by atoms with E-state index in [1.165, 1.54) is 23.1 Å². The molecule has 3 rings (SSSR count). The molecule has 1 saturated heterocycles. The molecule has 0 saturated carbocycles. The van der Waals surface area contributed by atoms with Gasteiger partial charge in [-0.1, -0.05) is 18.5 Å². The van der Waals surface area contributed by atoms with E-state index in [-0.39, 0.29) is 31.3 Å². The number of benzene rings is 1. The molecule has 1 fully saturated rings. The van der Waals surface area contributed by atoms with E-state index >= 15 is 0 Å². The van der Waals surface area contributed by atoms with Gasteiger partial charge in [-0.15, -0.1) is 11.3 Å². The Morgan fingerprint density at radius 1 is 1.27 bits per heavy atom. The van der Waals surface area contributed by atoms with Crippen LogP contribution in [0.4, 0.5) is 20.2 Å². The average molecular weight is 501 g/mol. The van der Waals surface area contributed by atoms with Gasteiger partial charge in [0, 0.05) is 30.0 Å². The molecule has 2 heterocycles. The lowest BCUT2D eigenvalue weighted by Gasteiger charge is -2.27. The summed E-state index contributed by atoms with van der Waals surface area (Å²) in [4.78, 5) is 38.8. The largest absolute Gasteiger partial charge is 0.370 e. The number of ether oxygens (including phenoxy) is 1. The van der Waals surface area contributed by atoms with E-state index in [4.69, 9.17) is 16.3 Å². The molecule has 12 heteroatoms. The van der Waals surface area contributed by atoms with Crippen molar-refractivity contribution in [2.45, 2.75) is 19.4 Å². The molecule has 3 N–H and O–H groups in total. The lowest BCUT2D eigenvalue weighted by atomic mass is 10.1. The highest BCUT2D eigenvalue weighted by atomic mass is 35.5. The van der Waals surface area contributed by atoms with Crippen LogP contribution >= 0.6 is 22.9 Å². The SMILES string of the molecule is CCN[C@@H](CNC(=O)c1ccc(Cl)s1)C(=O)Nc1ccc(N2CCOCC2=O)cc1C(F)F. The Bertz CT molecular complexity index is 1020. The Morgan fingerprint density at radius 2 is 2.06 bits per heavy atom. The van der Waals surface area contributed by atoms with Crippen LogP contribution in [0, 0.1) is 0 Å². The predicted octanol–water partition coefficient (Wildman–Crippen LogP) is 3.05. The van der Waals surface area contributed by atoms with E-state index in [1.807, 2.05) is 0 Å². The van der Waals surface area contributed by atoms with E-state index in [1.54, 1.807) is 19.1 Å². The average Bonchev–Trinajstić information content (AvgIpc) is 3.23. The van der Waals surface area contributed by atoms with Crippen LogP contribution in [0.5, 0.6) is 0 Å². The van der Waals surface area contributed by atoms with Gasteiger partial charge in [-0.05, 0) is 36.9 Å². The quantitative estimate of drug-likeness (QED) is 0.491. The van der Waals surface area contributed by atoms with Gasteiger partial charge in [0.25, 0.3) is 18.2 Å². The predicted molar refractivity (Wildman–Crippen MR) is 122 cm³/mol. The number of rotatable bonds is 9. The molecule has 1 aliphatic heterocycles. The van der Waals surface area contributed by atoms with Crippen molar-refractivity contribution in [1.82, 2.24) is 10.6 Å². The number of anilines is 2. The summed E-state index contributed by atoms with van der Waals surface area (Å²) < 4.78 is 33.0. The molecule has 0 unspecified atom stereocenters. The van der Waals surface area contributed by atoms with Gasteiger partial charge in [0.15, 0.2) is 0 Å². The van der Waals surface area contributed by atoms with Crippen LogP contribution in [0.2, 0.25) is 4.34 Å². The summed E-state index contributed by atoms with van der Waals surface area (Å²) in [5.74, 6) is -1.30. The number of alkyl halides is 2. The van der Waals surface area contributed by atoms with Crippen LogP contribution < -0.4 is 20.9 Å². The summed E-state index contributed by atoms with van der Waals surface area (Å²) >= 11 is 6.94. The van der Waals surface area contributed by atoms with Crippen LogP contribution in [-0.2, 0) is 14.3 Å². The second kappa shape index (κ2) is 11.5. The van der Waals surface area contributed by atoms with Gasteiger partial charge < -0.3 is 25.6 Å². The van der Waals surface area contributed by atoms with Crippen LogP contribution in [0.15, 0.2) is 30.3 Å². The Kier molecular flexibility index (Phi) is 8.73. The van der Waals surface area contributed by atoms with Gasteiger partial charge >= 0.3 is 0 Å². The number of hydrogen-bond acceptors (Lipinski definition) is 6. The molecule has 1 aromatic heterocycles. The molecular weight excluding hydrogens is 478 g/mol. The molecule has 178 valence electrons. The van der Waals surface area contributed by atoms with Crippen molar-refractivity contribution in [2.24, 2.45) is 0 Å². The standard InChI is InChI=1S/C21H23ClF2N4O4S/c1-2-25-15(10-26-21(31)16-5-6-17(22)33-16)20(30)27-14-4-3-12(9-13(14)19(23)24)28-7-8-32-11-18(28)29/h3-6,9,15,19,25H,2,7-8,10-11H2,1H3,(H,26,31)(H,27,30)/t15-/m0/s1. The normalized spacial score (nSPS) is 14.9. The first-order valence-electron chi connectivity index (χ1n) is 10.2. The summed E-state index contributed by atoms with van der Waals surface area (Å²) in [6.07, 6.45) is -2.88. The second-order valence-electron chi connectivity index (χ2n) is 7.08. The number of carbonyl (C=O) groups excluding carboxylic acids is 3. The minimum absolute atomic E-state index is 0.0571. The number of hydrogen-bond donors (Lipinski definition) is 3. The molecule has 8 nitrogen and oxygen atoms in total. The number of likely N-dealkylation sites (N-methyl/N-ethyl adjacent to an activating group) is 1. The second-order valence-corrected chi connectivity index (χ2v) is 8.80. The maximum absolute atomic E-state index is 13.8. The zero-order valence-corrected chi connectivity index (χ0v) is 19.3. The van der Waals surface area contributed by atoms with Crippen molar-refractivity contribution >= 4 is 52.0 Å². The zero-order valence-electron chi connectivity index (χ0n) is 17.7. The summed E-state index contributed by atoms with van der Waals surface area (Å²) in [5.41, 5.74) is -0.173. The summed E-state index contributed by atoms with van der Waals surface area (Å²) in [6.45, 7) is 2.58. The van der Waals surface area contributed by atoms with Crippen molar-refractivity contribution < 1.29 is 27.9 Å². The first kappa shape index (κ1) is 25.0. The Morgan fingerprint density at radius 3 is 2.70 bits per heavy atom. The summed E-state index contributed by atoms with van der Waals surface area (Å²) in [5, 5.41) is 8.08. The number of amides is 3. The highest BCUT2D eigenvalue weighted by Gasteiger charge is 2.25. The molecule has 3 amide bonds. The minimum atomic E-state index is -2.88. The third-order valence-corrected chi connectivity index (χ3v) is 6.09. The van der Waals surface area contributed by atoms with Crippen LogP contribution in [-0.4, -0.2) is 56.6 Å². The molecule has 0 aliphatic carbocycles. The lowest BCUT2D eigenvalue weighted by Crippen LogP contribution is -2.48. The third kappa shape index (κ3) is 6.47. The van der Waals surface area contributed by atoms with Crippen molar-refractivity contribution in [2.75, 3.05) is 43.1 Å². The lowest BCUT2D eigenvalue weighted by molar-refractivity contribution is -0.125. The summed E-state index contributed by atoms with van der Waals surface area (Å²) in [7, 11) is 0. The first-order valence-corrected chi connectivity index (χ1v) is 11.4. The van der Waals surface area contributed by atoms with Gasteiger partial charge in [-0.2, -0.15) is 0 Å². The first-order chi connectivity index (χ1) is 15.8. The van der Waals surface area contributed by atoms with Gasteiger partial charge in [-0.25, -0.2) is 8.78 Å². The maximum Gasteiger partial charge on any atom is 0.265 e. The van der Waals surface area contributed by atoms with Gasteiger partial charge in [-0.3, -0.25) is 14.4 Å². The van der Waals surface area contributed by atoms with Crippen molar-refractivity contribution in [3.63, 3.8) is 0 Å². The molecule has 33 heavy (non-hydrogen) atoms. The number of nitrogens with one attached hydrogen (secondary N) is 3. The molecule has 1 aliphatic rings. The molecule has 0 spiro atoms. The molecule has 1 aromatic carbocycles. The third-order valence-electron chi connectivity index (χ3n) is 4.86. The van der Waals surface area contributed by atoms with E-state index in [0.29, 0.717) is 28.1 Å². The molecule has 0 bridgehead atoms. The van der Waals surface area contributed by atoms with Crippen LogP contribution in [0.25, 0.3) is 0 Å². The molecular formula is C21H23ClF2N4O4S. The number of halogens is 3. The van der Waals surface area contributed by atoms with Crippen molar-refractivity contribution in [3.8, 4) is 0 Å². The molecule has 0 radical (unpaired) electrons. The summed E-state index contributed by atoms with van der Waals surface area (Å²) in [6, 6.07) is 6.33.